The molecule has 0 saturated carbocycles. The lowest BCUT2D eigenvalue weighted by atomic mass is 10.1. The highest BCUT2D eigenvalue weighted by Gasteiger charge is 2.06. The van der Waals surface area contributed by atoms with Crippen molar-refractivity contribution in [1.82, 2.24) is 4.98 Å². The predicted octanol–water partition coefficient (Wildman–Crippen LogP) is 3.41. The fourth-order valence-corrected chi connectivity index (χ4v) is 1.96. The summed E-state index contributed by atoms with van der Waals surface area (Å²) in [6.45, 7) is 2.24. The van der Waals surface area contributed by atoms with Crippen LogP contribution in [0.4, 0.5) is 0 Å². The molecule has 100 valence electrons. The van der Waals surface area contributed by atoms with Gasteiger partial charge in [0.25, 0.3) is 0 Å². The Morgan fingerprint density at radius 3 is 2.84 bits per heavy atom. The van der Waals surface area contributed by atoms with Crippen molar-refractivity contribution in [2.45, 2.75) is 19.4 Å². The first-order chi connectivity index (χ1) is 9.16. The Morgan fingerprint density at radius 2 is 2.21 bits per heavy atom. The summed E-state index contributed by atoms with van der Waals surface area (Å²) < 4.78 is 5.63. The van der Waals surface area contributed by atoms with Gasteiger partial charge < -0.3 is 9.84 Å². The molecule has 3 nitrogen and oxygen atoms in total. The Labute approximate surface area is 117 Å². The normalized spacial score (nSPS) is 12.2. The minimum atomic E-state index is -0.526. The standard InChI is InChI=1S/C15H16ClNO2/c1-11(18)13-4-5-15(14(16)9-13)19-8-6-12-3-2-7-17-10-12/h2-5,7,9-11,18H,6,8H2,1H3/t11-/m0/s1. The second-order valence-corrected chi connectivity index (χ2v) is 4.73. The molecular formula is C15H16ClNO2. The average molecular weight is 278 g/mol. The van der Waals surface area contributed by atoms with Crippen LogP contribution < -0.4 is 4.74 Å². The van der Waals surface area contributed by atoms with E-state index in [2.05, 4.69) is 4.98 Å². The fraction of sp³-hybridized carbons (Fsp3) is 0.267. The quantitative estimate of drug-likeness (QED) is 0.911. The molecule has 1 aromatic heterocycles. The number of ether oxygens (including phenoxy) is 1. The maximum absolute atomic E-state index is 9.46. The van der Waals surface area contributed by atoms with Gasteiger partial charge in [-0.05, 0) is 36.2 Å². The van der Waals surface area contributed by atoms with Crippen LogP contribution in [0.25, 0.3) is 0 Å². The third kappa shape index (κ3) is 3.94. The van der Waals surface area contributed by atoms with Crippen molar-refractivity contribution >= 4 is 11.6 Å². The zero-order chi connectivity index (χ0) is 13.7. The lowest BCUT2D eigenvalue weighted by molar-refractivity contribution is 0.199. The van der Waals surface area contributed by atoms with E-state index in [9.17, 15) is 5.11 Å². The molecule has 0 spiro atoms. The van der Waals surface area contributed by atoms with Gasteiger partial charge in [0.1, 0.15) is 5.75 Å². The number of halogens is 1. The summed E-state index contributed by atoms with van der Waals surface area (Å²) in [5.41, 5.74) is 1.91. The van der Waals surface area contributed by atoms with Gasteiger partial charge in [0.15, 0.2) is 0 Å². The summed E-state index contributed by atoms with van der Waals surface area (Å²) in [6, 6.07) is 9.24. The molecule has 1 heterocycles. The summed E-state index contributed by atoms with van der Waals surface area (Å²) in [4.78, 5) is 4.05. The van der Waals surface area contributed by atoms with E-state index in [-0.39, 0.29) is 0 Å². The molecule has 0 aliphatic rings. The monoisotopic (exact) mass is 277 g/mol. The molecule has 4 heteroatoms. The predicted molar refractivity (Wildman–Crippen MR) is 75.5 cm³/mol. The van der Waals surface area contributed by atoms with Crippen molar-refractivity contribution in [2.24, 2.45) is 0 Å². The molecule has 1 N–H and O–H groups in total. The number of hydrogen-bond acceptors (Lipinski definition) is 3. The first-order valence-corrected chi connectivity index (χ1v) is 6.54. The second-order valence-electron chi connectivity index (χ2n) is 4.33. The first-order valence-electron chi connectivity index (χ1n) is 6.16. The lowest BCUT2D eigenvalue weighted by Gasteiger charge is -2.10. The third-order valence-corrected chi connectivity index (χ3v) is 3.10. The van der Waals surface area contributed by atoms with E-state index in [4.69, 9.17) is 16.3 Å². The van der Waals surface area contributed by atoms with Crippen molar-refractivity contribution in [2.75, 3.05) is 6.61 Å². The van der Waals surface area contributed by atoms with E-state index in [1.807, 2.05) is 24.4 Å². The van der Waals surface area contributed by atoms with Gasteiger partial charge >= 0.3 is 0 Å². The van der Waals surface area contributed by atoms with Gasteiger partial charge in [-0.2, -0.15) is 0 Å². The minimum Gasteiger partial charge on any atom is -0.492 e. The van der Waals surface area contributed by atoms with Gasteiger partial charge in [-0.15, -0.1) is 0 Å². The fourth-order valence-electron chi connectivity index (χ4n) is 1.72. The molecular weight excluding hydrogens is 262 g/mol. The molecule has 0 radical (unpaired) electrons. The maximum Gasteiger partial charge on any atom is 0.137 e. The highest BCUT2D eigenvalue weighted by Crippen LogP contribution is 2.27. The van der Waals surface area contributed by atoms with E-state index in [0.717, 1.165) is 17.5 Å². The molecule has 2 rings (SSSR count). The van der Waals surface area contributed by atoms with Crippen molar-refractivity contribution < 1.29 is 9.84 Å². The molecule has 0 amide bonds. The van der Waals surface area contributed by atoms with E-state index >= 15 is 0 Å². The summed E-state index contributed by atoms with van der Waals surface area (Å²) in [5.74, 6) is 0.634. The van der Waals surface area contributed by atoms with Crippen LogP contribution in [-0.4, -0.2) is 16.7 Å². The van der Waals surface area contributed by atoms with Crippen LogP contribution in [0.15, 0.2) is 42.7 Å². The van der Waals surface area contributed by atoms with Crippen LogP contribution in [0.5, 0.6) is 5.75 Å². The molecule has 0 saturated heterocycles. The maximum atomic E-state index is 9.46. The highest BCUT2D eigenvalue weighted by atomic mass is 35.5. The molecule has 0 bridgehead atoms. The van der Waals surface area contributed by atoms with E-state index in [1.54, 1.807) is 25.3 Å². The molecule has 1 aromatic carbocycles. The number of nitrogens with zero attached hydrogens (tertiary/aromatic N) is 1. The smallest absolute Gasteiger partial charge is 0.137 e. The Kier molecular flexibility index (Phi) is 4.77. The number of aliphatic hydroxyl groups excluding tert-OH is 1. The van der Waals surface area contributed by atoms with Crippen LogP contribution in [0, 0.1) is 0 Å². The van der Waals surface area contributed by atoms with Crippen molar-refractivity contribution in [3.05, 3.63) is 58.9 Å². The van der Waals surface area contributed by atoms with Gasteiger partial charge in [0, 0.05) is 18.8 Å². The number of hydrogen-bond donors (Lipinski definition) is 1. The minimum absolute atomic E-state index is 0.518. The largest absolute Gasteiger partial charge is 0.492 e. The van der Waals surface area contributed by atoms with E-state index < -0.39 is 6.10 Å². The number of benzene rings is 1. The lowest BCUT2D eigenvalue weighted by Crippen LogP contribution is -2.02. The highest BCUT2D eigenvalue weighted by molar-refractivity contribution is 6.32. The Morgan fingerprint density at radius 1 is 1.37 bits per heavy atom. The Bertz CT molecular complexity index is 529. The van der Waals surface area contributed by atoms with Crippen LogP contribution in [0.3, 0.4) is 0 Å². The number of aliphatic hydroxyl groups is 1. The summed E-state index contributed by atoms with van der Waals surface area (Å²) >= 11 is 6.11. The topological polar surface area (TPSA) is 42.4 Å². The van der Waals surface area contributed by atoms with Gasteiger partial charge in [-0.3, -0.25) is 4.98 Å². The van der Waals surface area contributed by atoms with Gasteiger partial charge in [-0.25, -0.2) is 0 Å². The zero-order valence-corrected chi connectivity index (χ0v) is 11.5. The molecule has 19 heavy (non-hydrogen) atoms. The van der Waals surface area contributed by atoms with Crippen LogP contribution in [0.2, 0.25) is 5.02 Å². The molecule has 0 aliphatic heterocycles. The summed E-state index contributed by atoms with van der Waals surface area (Å²) in [7, 11) is 0. The zero-order valence-electron chi connectivity index (χ0n) is 10.7. The second kappa shape index (κ2) is 6.55. The van der Waals surface area contributed by atoms with Crippen molar-refractivity contribution in [1.29, 1.82) is 0 Å². The molecule has 0 unspecified atom stereocenters. The van der Waals surface area contributed by atoms with Crippen LogP contribution in [0.1, 0.15) is 24.2 Å². The molecule has 0 fully saturated rings. The Hall–Kier alpha value is -1.58. The van der Waals surface area contributed by atoms with Gasteiger partial charge in [-0.1, -0.05) is 23.7 Å². The van der Waals surface area contributed by atoms with Gasteiger partial charge in [0.2, 0.25) is 0 Å². The van der Waals surface area contributed by atoms with E-state index in [0.29, 0.717) is 17.4 Å². The number of pyridine rings is 1. The molecule has 2 aromatic rings. The SMILES string of the molecule is C[C@H](O)c1ccc(OCCc2cccnc2)c(Cl)c1. The van der Waals surface area contributed by atoms with Crippen molar-refractivity contribution in [3.8, 4) is 5.75 Å². The average Bonchev–Trinajstić information content (AvgIpc) is 2.41. The number of rotatable bonds is 5. The van der Waals surface area contributed by atoms with Crippen molar-refractivity contribution in [3.63, 3.8) is 0 Å². The van der Waals surface area contributed by atoms with Crippen LogP contribution >= 0.6 is 11.6 Å². The summed E-state index contributed by atoms with van der Waals surface area (Å²) in [6.07, 6.45) is 3.82. The van der Waals surface area contributed by atoms with Gasteiger partial charge in [0.05, 0.1) is 17.7 Å². The molecule has 1 atom stereocenters. The third-order valence-electron chi connectivity index (χ3n) is 2.81. The number of aromatic nitrogens is 1. The summed E-state index contributed by atoms with van der Waals surface area (Å²) in [5, 5.41) is 9.98. The first kappa shape index (κ1) is 13.8. The molecule has 0 aliphatic carbocycles. The van der Waals surface area contributed by atoms with E-state index in [1.165, 1.54) is 0 Å². The Balaban J connectivity index is 1.93. The van der Waals surface area contributed by atoms with Crippen LogP contribution in [-0.2, 0) is 6.42 Å².